The summed E-state index contributed by atoms with van der Waals surface area (Å²) in [5.41, 5.74) is 1.63. The molecule has 0 heterocycles. The molecule has 2 aromatic carbocycles. The second kappa shape index (κ2) is 5.71. The molecular formula is C14H12ClNO3. The Morgan fingerprint density at radius 3 is 2.68 bits per heavy atom. The van der Waals surface area contributed by atoms with E-state index in [1.807, 2.05) is 25.1 Å². The fourth-order valence-corrected chi connectivity index (χ4v) is 1.85. The Morgan fingerprint density at radius 2 is 2.05 bits per heavy atom. The largest absolute Gasteiger partial charge is 0.450 e. The maximum absolute atomic E-state index is 11.0. The predicted molar refractivity (Wildman–Crippen MR) is 73.9 cm³/mol. The van der Waals surface area contributed by atoms with Crippen LogP contribution in [0.3, 0.4) is 0 Å². The molecule has 0 aliphatic rings. The minimum absolute atomic E-state index is 0.0837. The molecule has 0 aliphatic heterocycles. The summed E-state index contributed by atoms with van der Waals surface area (Å²) in [4.78, 5) is 10.6. The molecule has 0 radical (unpaired) electrons. The van der Waals surface area contributed by atoms with E-state index in [9.17, 15) is 10.1 Å². The van der Waals surface area contributed by atoms with Crippen LogP contribution in [-0.2, 0) is 5.88 Å². The molecule has 19 heavy (non-hydrogen) atoms. The Bertz CT molecular complexity index is 613. The molecule has 0 unspecified atom stereocenters. The number of benzene rings is 2. The monoisotopic (exact) mass is 277 g/mol. The predicted octanol–water partition coefficient (Wildman–Crippen LogP) is 4.43. The summed E-state index contributed by atoms with van der Waals surface area (Å²) in [5, 5.41) is 11.0. The standard InChI is InChI=1S/C14H12ClNO3/c1-10-3-2-4-12(7-10)19-14-6-5-11(9-15)8-13(14)16(17)18/h2-8H,9H2,1H3. The zero-order chi connectivity index (χ0) is 13.8. The summed E-state index contributed by atoms with van der Waals surface area (Å²) in [5.74, 6) is 1.01. The molecular weight excluding hydrogens is 266 g/mol. The summed E-state index contributed by atoms with van der Waals surface area (Å²) in [6, 6.07) is 12.0. The molecule has 0 bridgehead atoms. The van der Waals surface area contributed by atoms with Gasteiger partial charge in [0.15, 0.2) is 0 Å². The number of hydrogen-bond donors (Lipinski definition) is 0. The lowest BCUT2D eigenvalue weighted by atomic mass is 10.2. The number of ether oxygens (including phenoxy) is 1. The molecule has 0 aromatic heterocycles. The fourth-order valence-electron chi connectivity index (χ4n) is 1.68. The molecule has 0 amide bonds. The second-order valence-corrected chi connectivity index (χ2v) is 4.38. The quantitative estimate of drug-likeness (QED) is 0.472. The van der Waals surface area contributed by atoms with Gasteiger partial charge in [-0.25, -0.2) is 0 Å². The highest BCUT2D eigenvalue weighted by atomic mass is 35.5. The van der Waals surface area contributed by atoms with Gasteiger partial charge in [0.2, 0.25) is 5.75 Å². The van der Waals surface area contributed by atoms with Crippen LogP contribution in [0.5, 0.6) is 11.5 Å². The van der Waals surface area contributed by atoms with Gasteiger partial charge in [-0.05, 0) is 36.2 Å². The van der Waals surface area contributed by atoms with E-state index in [1.54, 1.807) is 18.2 Å². The van der Waals surface area contributed by atoms with Gasteiger partial charge in [-0.3, -0.25) is 10.1 Å². The molecule has 0 saturated carbocycles. The van der Waals surface area contributed by atoms with Crippen molar-refractivity contribution in [2.75, 3.05) is 0 Å². The Hall–Kier alpha value is -2.07. The molecule has 4 nitrogen and oxygen atoms in total. The van der Waals surface area contributed by atoms with Crippen LogP contribution in [0.25, 0.3) is 0 Å². The first kappa shape index (κ1) is 13.4. The van der Waals surface area contributed by atoms with E-state index in [-0.39, 0.29) is 17.3 Å². The lowest BCUT2D eigenvalue weighted by Crippen LogP contribution is -1.95. The summed E-state index contributed by atoms with van der Waals surface area (Å²) < 4.78 is 5.57. The van der Waals surface area contributed by atoms with Crippen LogP contribution in [-0.4, -0.2) is 4.92 Å². The van der Waals surface area contributed by atoms with E-state index in [2.05, 4.69) is 0 Å². The number of nitrogens with zero attached hydrogens (tertiary/aromatic N) is 1. The van der Waals surface area contributed by atoms with Crippen LogP contribution in [0, 0.1) is 17.0 Å². The van der Waals surface area contributed by atoms with Gasteiger partial charge >= 0.3 is 5.69 Å². The topological polar surface area (TPSA) is 52.4 Å². The molecule has 0 atom stereocenters. The minimum atomic E-state index is -0.471. The van der Waals surface area contributed by atoms with Crippen LogP contribution >= 0.6 is 11.6 Å². The number of hydrogen-bond acceptors (Lipinski definition) is 3. The average Bonchev–Trinajstić information content (AvgIpc) is 2.39. The number of alkyl halides is 1. The Kier molecular flexibility index (Phi) is 4.02. The molecule has 5 heteroatoms. The van der Waals surface area contributed by atoms with Gasteiger partial charge in [-0.1, -0.05) is 18.2 Å². The van der Waals surface area contributed by atoms with Gasteiger partial charge in [0.05, 0.1) is 4.92 Å². The van der Waals surface area contributed by atoms with Gasteiger partial charge < -0.3 is 4.74 Å². The third kappa shape index (κ3) is 3.23. The van der Waals surface area contributed by atoms with E-state index in [0.29, 0.717) is 11.3 Å². The van der Waals surface area contributed by atoms with Crippen molar-refractivity contribution in [3.8, 4) is 11.5 Å². The van der Waals surface area contributed by atoms with Crippen LogP contribution in [0.1, 0.15) is 11.1 Å². The van der Waals surface area contributed by atoms with Gasteiger partial charge in [-0.15, -0.1) is 11.6 Å². The molecule has 2 rings (SSSR count). The Balaban J connectivity index is 2.36. The summed E-state index contributed by atoms with van der Waals surface area (Å²) >= 11 is 5.67. The van der Waals surface area contributed by atoms with Crippen molar-refractivity contribution in [2.24, 2.45) is 0 Å². The van der Waals surface area contributed by atoms with Gasteiger partial charge in [0.25, 0.3) is 0 Å². The van der Waals surface area contributed by atoms with Crippen molar-refractivity contribution in [3.05, 3.63) is 63.7 Å². The summed E-state index contributed by atoms with van der Waals surface area (Å²) in [6.45, 7) is 1.93. The maximum Gasteiger partial charge on any atom is 0.311 e. The van der Waals surface area contributed by atoms with Crippen molar-refractivity contribution >= 4 is 17.3 Å². The van der Waals surface area contributed by atoms with Crippen molar-refractivity contribution in [1.29, 1.82) is 0 Å². The molecule has 0 spiro atoms. The van der Waals surface area contributed by atoms with Crippen LogP contribution in [0.15, 0.2) is 42.5 Å². The Morgan fingerprint density at radius 1 is 1.26 bits per heavy atom. The number of aryl methyl sites for hydroxylation is 1. The van der Waals surface area contributed by atoms with E-state index in [4.69, 9.17) is 16.3 Å². The Labute approximate surface area is 115 Å². The van der Waals surface area contributed by atoms with Crippen molar-refractivity contribution in [3.63, 3.8) is 0 Å². The van der Waals surface area contributed by atoms with E-state index >= 15 is 0 Å². The SMILES string of the molecule is Cc1cccc(Oc2ccc(CCl)cc2[N+](=O)[O-])c1. The third-order valence-corrected chi connectivity index (χ3v) is 2.90. The summed E-state index contributed by atoms with van der Waals surface area (Å²) in [6.07, 6.45) is 0. The number of nitro benzene ring substituents is 1. The fraction of sp³-hybridized carbons (Fsp3) is 0.143. The first-order valence-corrected chi connectivity index (χ1v) is 6.21. The van der Waals surface area contributed by atoms with Crippen LogP contribution in [0.4, 0.5) is 5.69 Å². The molecule has 0 N–H and O–H groups in total. The van der Waals surface area contributed by atoms with Gasteiger partial charge in [-0.2, -0.15) is 0 Å². The third-order valence-electron chi connectivity index (χ3n) is 2.59. The lowest BCUT2D eigenvalue weighted by molar-refractivity contribution is -0.385. The molecule has 2 aromatic rings. The van der Waals surface area contributed by atoms with E-state index in [1.165, 1.54) is 6.07 Å². The van der Waals surface area contributed by atoms with Crippen LogP contribution < -0.4 is 4.74 Å². The van der Waals surface area contributed by atoms with Crippen molar-refractivity contribution in [1.82, 2.24) is 0 Å². The molecule has 0 fully saturated rings. The highest BCUT2D eigenvalue weighted by Gasteiger charge is 2.16. The van der Waals surface area contributed by atoms with E-state index in [0.717, 1.165) is 5.56 Å². The van der Waals surface area contributed by atoms with Gasteiger partial charge in [0.1, 0.15) is 5.75 Å². The normalized spacial score (nSPS) is 10.2. The molecule has 98 valence electrons. The highest BCUT2D eigenvalue weighted by molar-refractivity contribution is 6.17. The number of nitro groups is 1. The lowest BCUT2D eigenvalue weighted by Gasteiger charge is -2.07. The number of rotatable bonds is 4. The van der Waals surface area contributed by atoms with Crippen LogP contribution in [0.2, 0.25) is 0 Å². The zero-order valence-corrected chi connectivity index (χ0v) is 11.1. The number of halogens is 1. The maximum atomic E-state index is 11.0. The average molecular weight is 278 g/mol. The highest BCUT2D eigenvalue weighted by Crippen LogP contribution is 2.32. The van der Waals surface area contributed by atoms with Crippen molar-refractivity contribution in [2.45, 2.75) is 12.8 Å². The van der Waals surface area contributed by atoms with Crippen molar-refractivity contribution < 1.29 is 9.66 Å². The van der Waals surface area contributed by atoms with E-state index < -0.39 is 4.92 Å². The second-order valence-electron chi connectivity index (χ2n) is 4.11. The first-order valence-electron chi connectivity index (χ1n) is 5.68. The molecule has 0 saturated heterocycles. The first-order chi connectivity index (χ1) is 9.10. The van der Waals surface area contributed by atoms with Gasteiger partial charge in [0, 0.05) is 11.9 Å². The molecule has 0 aliphatic carbocycles. The summed E-state index contributed by atoms with van der Waals surface area (Å²) in [7, 11) is 0. The zero-order valence-electron chi connectivity index (χ0n) is 10.3. The minimum Gasteiger partial charge on any atom is -0.450 e. The smallest absolute Gasteiger partial charge is 0.311 e.